The fraction of sp³-hybridized carbons (Fsp3) is 0.696. The van der Waals surface area contributed by atoms with Crippen molar-refractivity contribution in [3.8, 4) is 0 Å². The lowest BCUT2D eigenvalue weighted by Gasteiger charge is -2.44. The van der Waals surface area contributed by atoms with Gasteiger partial charge in [0.15, 0.2) is 0 Å². The lowest BCUT2D eigenvalue weighted by atomic mass is 9.78. The molecule has 0 bridgehead atoms. The van der Waals surface area contributed by atoms with E-state index in [1.54, 1.807) is 22.5 Å². The van der Waals surface area contributed by atoms with Crippen LogP contribution in [0.4, 0.5) is 0 Å². The van der Waals surface area contributed by atoms with E-state index in [1.807, 2.05) is 13.8 Å². The molecular formula is C23H34N2O3S. The second-order valence-electron chi connectivity index (χ2n) is 9.19. The molecule has 0 aromatic heterocycles. The molecule has 3 unspecified atom stereocenters. The van der Waals surface area contributed by atoms with Crippen molar-refractivity contribution in [3.63, 3.8) is 0 Å². The zero-order valence-corrected chi connectivity index (χ0v) is 18.6. The summed E-state index contributed by atoms with van der Waals surface area (Å²) < 4.78 is 28.2. The summed E-state index contributed by atoms with van der Waals surface area (Å²) in [6.07, 6.45) is 9.89. The third kappa shape index (κ3) is 3.98. The van der Waals surface area contributed by atoms with Crippen molar-refractivity contribution in [3.05, 3.63) is 29.3 Å². The Kier molecular flexibility index (Phi) is 6.03. The lowest BCUT2D eigenvalue weighted by Crippen LogP contribution is -2.49. The van der Waals surface area contributed by atoms with E-state index < -0.39 is 10.0 Å². The maximum Gasteiger partial charge on any atom is 0.254 e. The van der Waals surface area contributed by atoms with Crippen LogP contribution in [0.5, 0.6) is 0 Å². The molecule has 2 saturated heterocycles. The van der Waals surface area contributed by atoms with Crippen molar-refractivity contribution in [1.29, 1.82) is 0 Å². The molecule has 4 rings (SSSR count). The highest BCUT2D eigenvalue weighted by atomic mass is 32.2. The van der Waals surface area contributed by atoms with Crippen molar-refractivity contribution >= 4 is 15.9 Å². The second kappa shape index (κ2) is 8.38. The minimum Gasteiger partial charge on any atom is -0.335 e. The number of carbonyl (C=O) groups excluding carboxylic acids is 1. The average Bonchev–Trinajstić information content (AvgIpc) is 2.73. The van der Waals surface area contributed by atoms with Gasteiger partial charge in [-0.25, -0.2) is 8.42 Å². The van der Waals surface area contributed by atoms with Crippen molar-refractivity contribution in [2.24, 2.45) is 5.92 Å². The Balaban J connectivity index is 1.63. The van der Waals surface area contributed by atoms with Gasteiger partial charge in [0.05, 0.1) is 4.90 Å². The quantitative estimate of drug-likeness (QED) is 0.733. The Bertz CT molecular complexity index is 865. The van der Waals surface area contributed by atoms with Crippen molar-refractivity contribution < 1.29 is 13.2 Å². The van der Waals surface area contributed by atoms with E-state index in [9.17, 15) is 13.2 Å². The zero-order valence-electron chi connectivity index (χ0n) is 17.8. The summed E-state index contributed by atoms with van der Waals surface area (Å²) in [4.78, 5) is 15.8. The number of sulfonamides is 1. The molecule has 29 heavy (non-hydrogen) atoms. The molecule has 3 aliphatic rings. The number of piperidine rings is 2. The van der Waals surface area contributed by atoms with Crippen molar-refractivity contribution in [2.75, 3.05) is 13.1 Å². The fourth-order valence-electron chi connectivity index (χ4n) is 5.59. The van der Waals surface area contributed by atoms with Crippen LogP contribution in [0.3, 0.4) is 0 Å². The zero-order chi connectivity index (χ0) is 20.6. The number of aryl methyl sites for hydroxylation is 1. The van der Waals surface area contributed by atoms with Gasteiger partial charge in [-0.15, -0.1) is 0 Å². The van der Waals surface area contributed by atoms with E-state index in [0.29, 0.717) is 24.1 Å². The number of hydrogen-bond donors (Lipinski definition) is 0. The Hall–Kier alpha value is -1.40. The second-order valence-corrected chi connectivity index (χ2v) is 11.1. The molecule has 3 fully saturated rings. The minimum absolute atomic E-state index is 0.0132. The van der Waals surface area contributed by atoms with Gasteiger partial charge in [0.2, 0.25) is 10.0 Å². The largest absolute Gasteiger partial charge is 0.335 e. The number of benzene rings is 1. The molecular weight excluding hydrogens is 384 g/mol. The summed E-state index contributed by atoms with van der Waals surface area (Å²) >= 11 is 0. The van der Waals surface area contributed by atoms with E-state index in [-0.39, 0.29) is 16.8 Å². The van der Waals surface area contributed by atoms with Crippen LogP contribution in [0.1, 0.15) is 80.6 Å². The molecule has 0 N–H and O–H groups in total. The summed E-state index contributed by atoms with van der Waals surface area (Å²) in [7, 11) is -3.58. The molecule has 6 heteroatoms. The third-order valence-corrected chi connectivity index (χ3v) is 9.30. The SMILES string of the molecule is Cc1ccc(S(=O)(=O)N2CCCCC2C)cc1C(=O)N1CCCC2CCCCC21. The van der Waals surface area contributed by atoms with E-state index in [2.05, 4.69) is 4.90 Å². The summed E-state index contributed by atoms with van der Waals surface area (Å²) in [5.74, 6) is 0.630. The van der Waals surface area contributed by atoms with Crippen LogP contribution in [-0.2, 0) is 10.0 Å². The predicted octanol–water partition coefficient (Wildman–Crippen LogP) is 4.35. The molecule has 2 heterocycles. The van der Waals surface area contributed by atoms with Gasteiger partial charge in [0.25, 0.3) is 5.91 Å². The van der Waals surface area contributed by atoms with Gasteiger partial charge in [-0.3, -0.25) is 4.79 Å². The first-order valence-electron chi connectivity index (χ1n) is 11.3. The Morgan fingerprint density at radius 1 is 0.966 bits per heavy atom. The molecule has 1 saturated carbocycles. The smallest absolute Gasteiger partial charge is 0.254 e. The lowest BCUT2D eigenvalue weighted by molar-refractivity contribution is 0.0390. The van der Waals surface area contributed by atoms with E-state index in [4.69, 9.17) is 0 Å². The molecule has 0 radical (unpaired) electrons. The van der Waals surface area contributed by atoms with Crippen molar-refractivity contribution in [1.82, 2.24) is 9.21 Å². The van der Waals surface area contributed by atoms with Crippen LogP contribution in [0, 0.1) is 12.8 Å². The van der Waals surface area contributed by atoms with Gasteiger partial charge in [-0.05, 0) is 76.0 Å². The third-order valence-electron chi connectivity index (χ3n) is 7.29. The van der Waals surface area contributed by atoms with E-state index in [0.717, 1.165) is 44.2 Å². The highest BCUT2D eigenvalue weighted by Crippen LogP contribution is 2.36. The summed E-state index contributed by atoms with van der Waals surface area (Å²) in [5.41, 5.74) is 1.42. The van der Waals surface area contributed by atoms with Gasteiger partial charge in [-0.2, -0.15) is 4.31 Å². The van der Waals surface area contributed by atoms with Gasteiger partial charge in [0.1, 0.15) is 0 Å². The molecule has 3 atom stereocenters. The Morgan fingerprint density at radius 3 is 2.48 bits per heavy atom. The summed E-state index contributed by atoms with van der Waals surface area (Å²) in [6, 6.07) is 5.45. The van der Waals surface area contributed by atoms with Crippen LogP contribution in [-0.4, -0.2) is 48.7 Å². The molecule has 0 spiro atoms. The van der Waals surface area contributed by atoms with Crippen LogP contribution in [0.25, 0.3) is 0 Å². The normalized spacial score (nSPS) is 28.8. The molecule has 1 amide bonds. The molecule has 5 nitrogen and oxygen atoms in total. The van der Waals surface area contributed by atoms with Crippen LogP contribution >= 0.6 is 0 Å². The number of amides is 1. The minimum atomic E-state index is -3.58. The van der Waals surface area contributed by atoms with Gasteiger partial charge in [0, 0.05) is 30.7 Å². The highest BCUT2D eigenvalue weighted by Gasteiger charge is 2.37. The number of likely N-dealkylation sites (tertiary alicyclic amines) is 1. The topological polar surface area (TPSA) is 57.7 Å². The first kappa shape index (κ1) is 20.9. The van der Waals surface area contributed by atoms with Gasteiger partial charge < -0.3 is 4.90 Å². The summed E-state index contributed by atoms with van der Waals surface area (Å²) in [6.45, 7) is 5.25. The fourth-order valence-corrected chi connectivity index (χ4v) is 7.31. The number of nitrogens with zero attached hydrogens (tertiary/aromatic N) is 2. The molecule has 1 aromatic rings. The molecule has 160 valence electrons. The van der Waals surface area contributed by atoms with E-state index >= 15 is 0 Å². The Labute approximate surface area is 175 Å². The van der Waals surface area contributed by atoms with Gasteiger partial charge >= 0.3 is 0 Å². The Morgan fingerprint density at radius 2 is 1.69 bits per heavy atom. The average molecular weight is 419 g/mol. The van der Waals surface area contributed by atoms with Crippen molar-refractivity contribution in [2.45, 2.75) is 88.6 Å². The first-order valence-corrected chi connectivity index (χ1v) is 12.8. The number of carbonyl (C=O) groups is 1. The predicted molar refractivity (Wildman–Crippen MR) is 114 cm³/mol. The van der Waals surface area contributed by atoms with Crippen LogP contribution in [0.15, 0.2) is 23.1 Å². The summed E-state index contributed by atoms with van der Waals surface area (Å²) in [5, 5.41) is 0. The maximum absolute atomic E-state index is 13.5. The maximum atomic E-state index is 13.5. The highest BCUT2D eigenvalue weighted by molar-refractivity contribution is 7.89. The van der Waals surface area contributed by atoms with E-state index in [1.165, 1.54) is 25.7 Å². The molecule has 1 aromatic carbocycles. The van der Waals surface area contributed by atoms with Crippen LogP contribution in [0.2, 0.25) is 0 Å². The molecule has 2 aliphatic heterocycles. The van der Waals surface area contributed by atoms with Crippen LogP contribution < -0.4 is 0 Å². The standard InChI is InChI=1S/C23H34N2O3S/c1-17-12-13-20(29(27,28)25-15-6-5-8-18(25)2)16-21(17)23(26)24-14-7-10-19-9-3-4-11-22(19)24/h12-13,16,18-19,22H,3-11,14-15H2,1-2H3. The first-order chi connectivity index (χ1) is 13.9. The monoisotopic (exact) mass is 418 g/mol. The number of fused-ring (bicyclic) bond motifs is 1. The van der Waals surface area contributed by atoms with Gasteiger partial charge in [-0.1, -0.05) is 25.3 Å². The number of rotatable bonds is 3. The molecule has 1 aliphatic carbocycles. The number of hydrogen-bond acceptors (Lipinski definition) is 3.